The van der Waals surface area contributed by atoms with Crippen LogP contribution in [0.15, 0.2) is 30.3 Å². The van der Waals surface area contributed by atoms with Gasteiger partial charge in [0.1, 0.15) is 0 Å². The molecule has 90 valence electrons. The molecular weight excluding hydrogens is 216 g/mol. The summed E-state index contributed by atoms with van der Waals surface area (Å²) in [4.78, 5) is 0. The van der Waals surface area contributed by atoms with E-state index in [0.717, 1.165) is 22.4 Å². The molecule has 2 aromatic rings. The minimum atomic E-state index is 0.218. The Bertz CT molecular complexity index is 520. The van der Waals surface area contributed by atoms with E-state index in [9.17, 15) is 0 Å². The Hall–Kier alpha value is -1.74. The molecule has 2 aromatic carbocycles. The van der Waals surface area contributed by atoms with Crippen molar-refractivity contribution >= 4 is 10.8 Å². The number of methoxy groups -OCH3 is 2. The molecule has 0 saturated carbocycles. The maximum atomic E-state index is 5.57. The van der Waals surface area contributed by atoms with Crippen LogP contribution >= 0.6 is 0 Å². The summed E-state index contributed by atoms with van der Waals surface area (Å²) in [5, 5.41) is 2.31. The summed E-state index contributed by atoms with van der Waals surface area (Å²) in [6.45, 7) is 2.24. The summed E-state index contributed by atoms with van der Waals surface area (Å²) < 4.78 is 15.9. The molecule has 17 heavy (non-hydrogen) atoms. The Kier molecular flexibility index (Phi) is 3.49. The van der Waals surface area contributed by atoms with Gasteiger partial charge in [0.15, 0.2) is 18.3 Å². The molecule has 0 N–H and O–H groups in total. The van der Waals surface area contributed by atoms with Crippen LogP contribution in [-0.4, -0.2) is 21.0 Å². The molecule has 0 atom stereocenters. The molecule has 0 bridgehead atoms. The Balaban J connectivity index is 2.59. The van der Waals surface area contributed by atoms with Gasteiger partial charge in [0.2, 0.25) is 0 Å². The van der Waals surface area contributed by atoms with Gasteiger partial charge in [0, 0.05) is 12.7 Å². The van der Waals surface area contributed by atoms with Gasteiger partial charge in [-0.2, -0.15) is 0 Å². The number of benzene rings is 2. The van der Waals surface area contributed by atoms with Crippen molar-refractivity contribution in [1.82, 2.24) is 0 Å². The van der Waals surface area contributed by atoms with Gasteiger partial charge < -0.3 is 14.2 Å². The van der Waals surface area contributed by atoms with Crippen LogP contribution in [0.5, 0.6) is 11.5 Å². The molecule has 0 radical (unpaired) electrons. The lowest BCUT2D eigenvalue weighted by Crippen LogP contribution is -2.02. The van der Waals surface area contributed by atoms with E-state index in [-0.39, 0.29) is 6.79 Å². The molecule has 0 heterocycles. The number of ether oxygens (including phenoxy) is 3. The van der Waals surface area contributed by atoms with Gasteiger partial charge in [0.05, 0.1) is 7.11 Å². The fourth-order valence-electron chi connectivity index (χ4n) is 1.93. The van der Waals surface area contributed by atoms with Crippen LogP contribution in [0.1, 0.15) is 5.56 Å². The van der Waals surface area contributed by atoms with Gasteiger partial charge in [-0.3, -0.25) is 0 Å². The van der Waals surface area contributed by atoms with Crippen LogP contribution in [-0.2, 0) is 4.74 Å². The zero-order valence-electron chi connectivity index (χ0n) is 10.3. The minimum absolute atomic E-state index is 0.218. The summed E-state index contributed by atoms with van der Waals surface area (Å²) in [5.74, 6) is 1.48. The van der Waals surface area contributed by atoms with E-state index in [1.165, 1.54) is 5.39 Å². The fraction of sp³-hybridized carbons (Fsp3) is 0.286. The van der Waals surface area contributed by atoms with Gasteiger partial charge in [-0.25, -0.2) is 0 Å². The maximum Gasteiger partial charge on any atom is 0.188 e. The number of rotatable bonds is 4. The van der Waals surface area contributed by atoms with Crippen molar-refractivity contribution in [2.45, 2.75) is 6.92 Å². The number of aryl methyl sites for hydroxylation is 1. The normalized spacial score (nSPS) is 10.5. The van der Waals surface area contributed by atoms with Crippen molar-refractivity contribution in [2.75, 3.05) is 21.0 Å². The van der Waals surface area contributed by atoms with E-state index < -0.39 is 0 Å². The summed E-state index contributed by atoms with van der Waals surface area (Å²) in [7, 11) is 3.24. The van der Waals surface area contributed by atoms with E-state index in [2.05, 4.69) is 12.1 Å². The molecule has 0 amide bonds. The number of hydrogen-bond donors (Lipinski definition) is 0. The molecule has 3 nitrogen and oxygen atoms in total. The zero-order valence-corrected chi connectivity index (χ0v) is 10.3. The second-order valence-electron chi connectivity index (χ2n) is 3.80. The lowest BCUT2D eigenvalue weighted by Gasteiger charge is -2.14. The molecule has 0 saturated heterocycles. The molecule has 0 aliphatic carbocycles. The molecule has 3 heteroatoms. The Morgan fingerprint density at radius 3 is 2.59 bits per heavy atom. The average Bonchev–Trinajstić information content (AvgIpc) is 2.37. The maximum absolute atomic E-state index is 5.57. The third kappa shape index (κ3) is 2.19. The largest absolute Gasteiger partial charge is 0.493 e. The van der Waals surface area contributed by atoms with Gasteiger partial charge in [-0.05, 0) is 23.8 Å². The standard InChI is InChI=1S/C14H16O3/c1-10-12-7-5-4-6-11(12)8-13(16-3)14(10)17-9-15-2/h4-8H,9H2,1-3H3. The van der Waals surface area contributed by atoms with E-state index >= 15 is 0 Å². The zero-order chi connectivity index (χ0) is 12.3. The molecule has 0 unspecified atom stereocenters. The van der Waals surface area contributed by atoms with E-state index in [0.29, 0.717) is 0 Å². The lowest BCUT2D eigenvalue weighted by atomic mass is 10.0. The van der Waals surface area contributed by atoms with Crippen LogP contribution < -0.4 is 9.47 Å². The predicted molar refractivity (Wildman–Crippen MR) is 67.7 cm³/mol. The van der Waals surface area contributed by atoms with E-state index in [4.69, 9.17) is 14.2 Å². The average molecular weight is 232 g/mol. The van der Waals surface area contributed by atoms with Gasteiger partial charge in [-0.15, -0.1) is 0 Å². The summed E-state index contributed by atoms with van der Waals surface area (Å²) in [5.41, 5.74) is 1.07. The highest BCUT2D eigenvalue weighted by molar-refractivity contribution is 5.89. The second kappa shape index (κ2) is 5.06. The summed E-state index contributed by atoms with van der Waals surface area (Å²) in [6, 6.07) is 10.1. The Morgan fingerprint density at radius 1 is 1.12 bits per heavy atom. The lowest BCUT2D eigenvalue weighted by molar-refractivity contribution is 0.0488. The quantitative estimate of drug-likeness (QED) is 0.758. The third-order valence-electron chi connectivity index (χ3n) is 2.76. The third-order valence-corrected chi connectivity index (χ3v) is 2.76. The Morgan fingerprint density at radius 2 is 1.88 bits per heavy atom. The predicted octanol–water partition coefficient (Wildman–Crippen LogP) is 3.14. The first kappa shape index (κ1) is 11.7. The number of fused-ring (bicyclic) bond motifs is 1. The smallest absolute Gasteiger partial charge is 0.188 e. The van der Waals surface area contributed by atoms with Crippen molar-refractivity contribution in [1.29, 1.82) is 0 Å². The summed E-state index contributed by atoms with van der Waals surface area (Å²) in [6.07, 6.45) is 0. The minimum Gasteiger partial charge on any atom is -0.493 e. The molecule has 0 spiro atoms. The van der Waals surface area contributed by atoms with Gasteiger partial charge in [0.25, 0.3) is 0 Å². The van der Waals surface area contributed by atoms with Crippen LogP contribution in [0.2, 0.25) is 0 Å². The first-order chi connectivity index (χ1) is 8.27. The highest BCUT2D eigenvalue weighted by Gasteiger charge is 2.11. The molecule has 0 fully saturated rings. The van der Waals surface area contributed by atoms with Crippen LogP contribution in [0.3, 0.4) is 0 Å². The fourth-order valence-corrected chi connectivity index (χ4v) is 1.93. The molecule has 0 aliphatic rings. The molecule has 0 aliphatic heterocycles. The van der Waals surface area contributed by atoms with Crippen molar-refractivity contribution in [3.63, 3.8) is 0 Å². The van der Waals surface area contributed by atoms with Gasteiger partial charge >= 0.3 is 0 Å². The molecule has 2 rings (SSSR count). The second-order valence-corrected chi connectivity index (χ2v) is 3.80. The molecule has 0 aromatic heterocycles. The van der Waals surface area contributed by atoms with Gasteiger partial charge in [-0.1, -0.05) is 24.3 Å². The number of hydrogen-bond acceptors (Lipinski definition) is 3. The highest BCUT2D eigenvalue weighted by Crippen LogP contribution is 2.36. The van der Waals surface area contributed by atoms with Crippen molar-refractivity contribution < 1.29 is 14.2 Å². The van der Waals surface area contributed by atoms with Crippen LogP contribution in [0.25, 0.3) is 10.8 Å². The van der Waals surface area contributed by atoms with Crippen molar-refractivity contribution in [2.24, 2.45) is 0 Å². The van der Waals surface area contributed by atoms with Crippen LogP contribution in [0, 0.1) is 6.92 Å². The van der Waals surface area contributed by atoms with Crippen molar-refractivity contribution in [3.05, 3.63) is 35.9 Å². The highest BCUT2D eigenvalue weighted by atomic mass is 16.7. The summed E-state index contributed by atoms with van der Waals surface area (Å²) >= 11 is 0. The Labute approximate surface area is 101 Å². The van der Waals surface area contributed by atoms with Crippen LogP contribution in [0.4, 0.5) is 0 Å². The molecular formula is C14H16O3. The monoisotopic (exact) mass is 232 g/mol. The van der Waals surface area contributed by atoms with E-state index in [1.54, 1.807) is 14.2 Å². The topological polar surface area (TPSA) is 27.7 Å². The SMILES string of the molecule is COCOc1c(OC)cc2ccccc2c1C. The first-order valence-corrected chi connectivity index (χ1v) is 5.46. The first-order valence-electron chi connectivity index (χ1n) is 5.46. The van der Waals surface area contributed by atoms with Crippen molar-refractivity contribution in [3.8, 4) is 11.5 Å². The van der Waals surface area contributed by atoms with E-state index in [1.807, 2.05) is 25.1 Å².